The van der Waals surface area contributed by atoms with Gasteiger partial charge in [-0.05, 0) is 49.7 Å². The van der Waals surface area contributed by atoms with Crippen LogP contribution in [-0.2, 0) is 9.59 Å². The lowest BCUT2D eigenvalue weighted by Gasteiger charge is -2.14. The Labute approximate surface area is 205 Å². The lowest BCUT2D eigenvalue weighted by molar-refractivity contribution is -0.117. The summed E-state index contributed by atoms with van der Waals surface area (Å²) in [6, 6.07) is 12.6. The van der Waals surface area contributed by atoms with Crippen LogP contribution in [0.2, 0.25) is 0 Å². The molecule has 1 aliphatic heterocycles. The summed E-state index contributed by atoms with van der Waals surface area (Å²) >= 11 is 1.47. The molecule has 9 nitrogen and oxygen atoms in total. The Kier molecular flexibility index (Phi) is 5.89. The minimum atomic E-state index is -0.303. The molecule has 0 saturated heterocycles. The monoisotopic (exact) mass is 488 g/mol. The smallest absolute Gasteiger partial charge is 0.265 e. The van der Waals surface area contributed by atoms with E-state index < -0.39 is 0 Å². The van der Waals surface area contributed by atoms with E-state index in [1.54, 1.807) is 39.7 Å². The Balaban J connectivity index is 1.38. The molecule has 4 aromatic rings. The lowest BCUT2D eigenvalue weighted by Crippen LogP contribution is -2.27. The molecule has 1 aliphatic rings. The third-order valence-electron chi connectivity index (χ3n) is 5.86. The average Bonchev–Trinajstić information content (AvgIpc) is 3.40. The minimum absolute atomic E-state index is 0.145. The molecule has 10 heteroatoms. The first kappa shape index (κ1) is 22.9. The van der Waals surface area contributed by atoms with Gasteiger partial charge >= 0.3 is 0 Å². The summed E-state index contributed by atoms with van der Waals surface area (Å²) in [6.45, 7) is 5.47. The Morgan fingerprint density at radius 2 is 1.80 bits per heavy atom. The number of carbonyl (C=O) groups excluding carboxylic acids is 2. The number of aryl methyl sites for hydroxylation is 2. The number of amides is 2. The molecule has 3 heterocycles. The largest absolute Gasteiger partial charge is 0.326 e. The zero-order valence-corrected chi connectivity index (χ0v) is 20.3. The van der Waals surface area contributed by atoms with Crippen LogP contribution in [0.25, 0.3) is 16.7 Å². The number of anilines is 2. The summed E-state index contributed by atoms with van der Waals surface area (Å²) in [5.41, 5.74) is 4.67. The van der Waals surface area contributed by atoms with E-state index in [0.29, 0.717) is 33.3 Å². The predicted octanol–water partition coefficient (Wildman–Crippen LogP) is 3.83. The van der Waals surface area contributed by atoms with Gasteiger partial charge in [0.1, 0.15) is 5.39 Å². The molecule has 0 saturated carbocycles. The molecule has 5 rings (SSSR count). The quantitative estimate of drug-likeness (QED) is 0.413. The first-order chi connectivity index (χ1) is 16.8. The molecule has 178 valence electrons. The van der Waals surface area contributed by atoms with Crippen molar-refractivity contribution >= 4 is 46.0 Å². The van der Waals surface area contributed by atoms with Crippen LogP contribution in [0.5, 0.6) is 0 Å². The topological polar surface area (TPSA) is 111 Å². The number of hydrogen-bond acceptors (Lipinski definition) is 6. The summed E-state index contributed by atoms with van der Waals surface area (Å²) in [7, 11) is 0. The maximum absolute atomic E-state index is 13.4. The second-order valence-electron chi connectivity index (χ2n) is 8.63. The van der Waals surface area contributed by atoms with E-state index in [0.717, 1.165) is 16.8 Å². The van der Waals surface area contributed by atoms with Crippen molar-refractivity contribution in [2.75, 3.05) is 16.4 Å². The molecule has 0 bridgehead atoms. The number of carbonyl (C=O) groups is 2. The van der Waals surface area contributed by atoms with Crippen molar-refractivity contribution in [1.82, 2.24) is 19.3 Å². The SMILES string of the molecule is CC(=O)Nc1ccc(NC(=O)CC2CSc3nc4c(cnn4-c4ccc(C)cc4C)c(=O)n32)cc1. The highest BCUT2D eigenvalue weighted by atomic mass is 32.2. The van der Waals surface area contributed by atoms with Crippen LogP contribution < -0.4 is 16.2 Å². The molecule has 1 atom stereocenters. The summed E-state index contributed by atoms with van der Waals surface area (Å²) in [5.74, 6) is 0.223. The lowest BCUT2D eigenvalue weighted by atomic mass is 10.1. The number of fused-ring (bicyclic) bond motifs is 2. The number of hydrogen-bond donors (Lipinski definition) is 2. The minimum Gasteiger partial charge on any atom is -0.326 e. The predicted molar refractivity (Wildman–Crippen MR) is 136 cm³/mol. The maximum atomic E-state index is 13.4. The van der Waals surface area contributed by atoms with E-state index in [2.05, 4.69) is 21.8 Å². The molecule has 2 amide bonds. The van der Waals surface area contributed by atoms with Crippen molar-refractivity contribution in [2.45, 2.75) is 38.4 Å². The molecule has 0 spiro atoms. The molecule has 35 heavy (non-hydrogen) atoms. The van der Waals surface area contributed by atoms with Crippen LogP contribution in [0, 0.1) is 13.8 Å². The molecule has 0 fully saturated rings. The van der Waals surface area contributed by atoms with E-state index in [1.165, 1.54) is 18.7 Å². The molecular weight excluding hydrogens is 464 g/mol. The standard InChI is InChI=1S/C25H24N6O3S/c1-14-4-9-21(15(2)10-14)31-23-20(12-26-31)24(34)30-19(13-35-25(30)29-23)11-22(33)28-18-7-5-17(6-8-18)27-16(3)32/h4-10,12,19H,11,13H2,1-3H3,(H,27,32)(H,28,33). The van der Waals surface area contributed by atoms with Crippen LogP contribution in [0.1, 0.15) is 30.5 Å². The van der Waals surface area contributed by atoms with Gasteiger partial charge < -0.3 is 10.6 Å². The molecular formula is C25H24N6O3S. The molecule has 0 radical (unpaired) electrons. The van der Waals surface area contributed by atoms with Crippen molar-refractivity contribution in [2.24, 2.45) is 0 Å². The molecule has 1 unspecified atom stereocenters. The van der Waals surface area contributed by atoms with Crippen molar-refractivity contribution in [1.29, 1.82) is 0 Å². The highest BCUT2D eigenvalue weighted by molar-refractivity contribution is 7.99. The van der Waals surface area contributed by atoms with Crippen LogP contribution in [0.15, 0.2) is 58.6 Å². The van der Waals surface area contributed by atoms with Crippen LogP contribution in [-0.4, -0.2) is 36.9 Å². The van der Waals surface area contributed by atoms with Gasteiger partial charge in [-0.2, -0.15) is 5.10 Å². The van der Waals surface area contributed by atoms with Crippen LogP contribution in [0.4, 0.5) is 11.4 Å². The third kappa shape index (κ3) is 4.44. The summed E-state index contributed by atoms with van der Waals surface area (Å²) < 4.78 is 3.32. The van der Waals surface area contributed by atoms with E-state index in [-0.39, 0.29) is 29.8 Å². The molecule has 2 aromatic carbocycles. The zero-order valence-electron chi connectivity index (χ0n) is 19.5. The zero-order chi connectivity index (χ0) is 24.7. The fourth-order valence-electron chi connectivity index (χ4n) is 4.27. The van der Waals surface area contributed by atoms with Crippen LogP contribution in [0.3, 0.4) is 0 Å². The van der Waals surface area contributed by atoms with E-state index >= 15 is 0 Å². The summed E-state index contributed by atoms with van der Waals surface area (Å²) in [5, 5.41) is 11.0. The van der Waals surface area contributed by atoms with Gasteiger partial charge in [0.25, 0.3) is 5.56 Å². The normalized spacial score (nSPS) is 14.7. The highest BCUT2D eigenvalue weighted by Crippen LogP contribution is 2.34. The Morgan fingerprint density at radius 3 is 2.49 bits per heavy atom. The van der Waals surface area contributed by atoms with Crippen molar-refractivity contribution in [3.63, 3.8) is 0 Å². The van der Waals surface area contributed by atoms with Crippen molar-refractivity contribution in [3.05, 3.63) is 70.1 Å². The maximum Gasteiger partial charge on any atom is 0.265 e. The Bertz CT molecular complexity index is 1520. The third-order valence-corrected chi connectivity index (χ3v) is 6.96. The molecule has 2 N–H and O–H groups in total. The number of nitrogens with one attached hydrogen (secondary N) is 2. The van der Waals surface area contributed by atoms with Gasteiger partial charge in [0.2, 0.25) is 11.8 Å². The second-order valence-corrected chi connectivity index (χ2v) is 9.62. The van der Waals surface area contributed by atoms with Gasteiger partial charge in [-0.25, -0.2) is 9.67 Å². The number of nitrogens with zero attached hydrogens (tertiary/aromatic N) is 4. The molecule has 2 aromatic heterocycles. The van der Waals surface area contributed by atoms with Gasteiger partial charge in [0, 0.05) is 30.5 Å². The number of thioether (sulfide) groups is 1. The van der Waals surface area contributed by atoms with E-state index in [9.17, 15) is 14.4 Å². The number of aromatic nitrogens is 4. The van der Waals surface area contributed by atoms with Gasteiger partial charge in [-0.15, -0.1) is 0 Å². The molecule has 0 aliphatic carbocycles. The second kappa shape index (κ2) is 9.03. The fourth-order valence-corrected chi connectivity index (χ4v) is 5.40. The highest BCUT2D eigenvalue weighted by Gasteiger charge is 2.29. The van der Waals surface area contributed by atoms with Crippen molar-refractivity contribution in [3.8, 4) is 5.69 Å². The van der Waals surface area contributed by atoms with Gasteiger partial charge in [0.05, 0.1) is 17.9 Å². The number of rotatable bonds is 5. The van der Waals surface area contributed by atoms with Gasteiger partial charge in [0.15, 0.2) is 10.8 Å². The van der Waals surface area contributed by atoms with Gasteiger partial charge in [-0.3, -0.25) is 19.0 Å². The van der Waals surface area contributed by atoms with Gasteiger partial charge in [-0.1, -0.05) is 29.5 Å². The van der Waals surface area contributed by atoms with E-state index in [1.807, 2.05) is 26.0 Å². The Morgan fingerprint density at radius 1 is 1.09 bits per heavy atom. The van der Waals surface area contributed by atoms with Crippen LogP contribution >= 0.6 is 11.8 Å². The average molecular weight is 489 g/mol. The number of benzene rings is 2. The summed E-state index contributed by atoms with van der Waals surface area (Å²) in [6.07, 6.45) is 1.69. The Hall–Kier alpha value is -3.92. The van der Waals surface area contributed by atoms with E-state index in [4.69, 9.17) is 4.98 Å². The van der Waals surface area contributed by atoms with Crippen molar-refractivity contribution < 1.29 is 9.59 Å². The summed E-state index contributed by atoms with van der Waals surface area (Å²) in [4.78, 5) is 42.0. The first-order valence-electron chi connectivity index (χ1n) is 11.2. The first-order valence-corrected chi connectivity index (χ1v) is 12.2. The fraction of sp³-hybridized carbons (Fsp3) is 0.240.